The number of rotatable bonds is 5. The highest BCUT2D eigenvalue weighted by Crippen LogP contribution is 2.19. The Bertz CT molecular complexity index is 1140. The quantitative estimate of drug-likeness (QED) is 0.658. The Morgan fingerprint density at radius 3 is 2.69 bits per heavy atom. The second kappa shape index (κ2) is 9.16. The minimum absolute atomic E-state index is 0.327. The van der Waals surface area contributed by atoms with Crippen molar-refractivity contribution in [3.05, 3.63) is 81.9 Å². The first kappa shape index (κ1) is 22.1. The van der Waals surface area contributed by atoms with Gasteiger partial charge in [-0.3, -0.25) is 9.69 Å². The van der Waals surface area contributed by atoms with Gasteiger partial charge in [-0.05, 0) is 50.1 Å². The van der Waals surface area contributed by atoms with E-state index in [0.29, 0.717) is 12.4 Å². The van der Waals surface area contributed by atoms with Gasteiger partial charge in [-0.25, -0.2) is 8.78 Å². The van der Waals surface area contributed by atoms with Gasteiger partial charge in [0.15, 0.2) is 5.82 Å². The number of benzene rings is 2. The molecule has 1 aliphatic rings. The molecule has 3 aromatic rings. The lowest BCUT2D eigenvalue weighted by Crippen LogP contribution is -2.30. The zero-order chi connectivity index (χ0) is 22.8. The molecule has 168 valence electrons. The molecule has 4 rings (SSSR count). The number of halogens is 2. The number of aromatic nitrogens is 3. The number of carbonyl (C=O) groups excluding carboxylic acids is 1. The predicted octanol–water partition coefficient (Wildman–Crippen LogP) is 3.72. The second-order valence-corrected chi connectivity index (χ2v) is 8.40. The van der Waals surface area contributed by atoms with E-state index in [-0.39, 0.29) is 5.56 Å². The van der Waals surface area contributed by atoms with E-state index in [2.05, 4.69) is 52.5 Å². The summed E-state index contributed by atoms with van der Waals surface area (Å²) in [5, 5.41) is 11.3. The summed E-state index contributed by atoms with van der Waals surface area (Å²) in [5.74, 6) is -0.640. The van der Waals surface area contributed by atoms with Gasteiger partial charge >= 0.3 is 0 Å². The smallest absolute Gasteiger partial charge is 0.254 e. The third-order valence-electron chi connectivity index (χ3n) is 5.95. The molecule has 0 saturated heterocycles. The van der Waals surface area contributed by atoms with Crippen LogP contribution in [0.5, 0.6) is 0 Å². The first-order valence-electron chi connectivity index (χ1n) is 10.8. The van der Waals surface area contributed by atoms with Crippen LogP contribution in [0, 0.1) is 25.5 Å². The molecule has 1 atom stereocenters. The SMILES string of the molecule is Cc1ccc(CN2CCc3nnc(C(C)NC(=O)c4cc(F)ccc4F)n3CC2)c(C)c1. The topological polar surface area (TPSA) is 63.1 Å². The maximum Gasteiger partial charge on any atom is 0.254 e. The predicted molar refractivity (Wildman–Crippen MR) is 117 cm³/mol. The van der Waals surface area contributed by atoms with Crippen molar-refractivity contribution in [3.8, 4) is 0 Å². The Morgan fingerprint density at radius 2 is 1.91 bits per heavy atom. The van der Waals surface area contributed by atoms with Crippen LogP contribution >= 0.6 is 0 Å². The summed E-state index contributed by atoms with van der Waals surface area (Å²) < 4.78 is 29.4. The van der Waals surface area contributed by atoms with Crippen molar-refractivity contribution < 1.29 is 13.6 Å². The van der Waals surface area contributed by atoms with Crippen LogP contribution in [0.3, 0.4) is 0 Å². The minimum Gasteiger partial charge on any atom is -0.342 e. The Hall–Kier alpha value is -3.13. The lowest BCUT2D eigenvalue weighted by atomic mass is 10.1. The van der Waals surface area contributed by atoms with E-state index in [4.69, 9.17) is 0 Å². The maximum absolute atomic E-state index is 13.9. The van der Waals surface area contributed by atoms with Crippen molar-refractivity contribution in [1.29, 1.82) is 0 Å². The van der Waals surface area contributed by atoms with Gasteiger partial charge < -0.3 is 9.88 Å². The first-order valence-corrected chi connectivity index (χ1v) is 10.8. The van der Waals surface area contributed by atoms with Gasteiger partial charge in [0.25, 0.3) is 5.91 Å². The molecule has 1 aromatic heterocycles. The second-order valence-electron chi connectivity index (χ2n) is 8.40. The normalized spacial score (nSPS) is 15.2. The van der Waals surface area contributed by atoms with Crippen LogP contribution in [0.2, 0.25) is 0 Å². The lowest BCUT2D eigenvalue weighted by Gasteiger charge is -2.21. The summed E-state index contributed by atoms with van der Waals surface area (Å²) in [6, 6.07) is 8.85. The molecule has 6 nitrogen and oxygen atoms in total. The summed E-state index contributed by atoms with van der Waals surface area (Å²) in [7, 11) is 0. The van der Waals surface area contributed by atoms with Gasteiger partial charge in [0, 0.05) is 32.6 Å². The van der Waals surface area contributed by atoms with Gasteiger partial charge in [-0.2, -0.15) is 0 Å². The molecule has 1 amide bonds. The molecule has 1 N–H and O–H groups in total. The van der Waals surface area contributed by atoms with Crippen LogP contribution in [-0.4, -0.2) is 38.7 Å². The van der Waals surface area contributed by atoms with E-state index < -0.39 is 23.6 Å². The summed E-state index contributed by atoms with van der Waals surface area (Å²) in [4.78, 5) is 14.9. The number of carbonyl (C=O) groups is 1. The van der Waals surface area contributed by atoms with Gasteiger partial charge in [0.05, 0.1) is 11.6 Å². The molecule has 0 radical (unpaired) electrons. The molecule has 32 heavy (non-hydrogen) atoms. The van der Waals surface area contributed by atoms with E-state index in [9.17, 15) is 13.6 Å². The fourth-order valence-electron chi connectivity index (χ4n) is 4.14. The van der Waals surface area contributed by atoms with Gasteiger partial charge in [0.2, 0.25) is 0 Å². The van der Waals surface area contributed by atoms with E-state index in [1.807, 2.05) is 4.57 Å². The number of hydrogen-bond acceptors (Lipinski definition) is 4. The zero-order valence-corrected chi connectivity index (χ0v) is 18.5. The van der Waals surface area contributed by atoms with Crippen molar-refractivity contribution in [1.82, 2.24) is 25.0 Å². The summed E-state index contributed by atoms with van der Waals surface area (Å²) in [5.41, 5.74) is 3.53. The number of aryl methyl sites for hydroxylation is 2. The van der Waals surface area contributed by atoms with Crippen molar-refractivity contribution in [3.63, 3.8) is 0 Å². The van der Waals surface area contributed by atoms with E-state index >= 15 is 0 Å². The highest BCUT2D eigenvalue weighted by molar-refractivity contribution is 5.94. The molecule has 0 saturated carbocycles. The van der Waals surface area contributed by atoms with Crippen LogP contribution in [0.4, 0.5) is 8.78 Å². The molecular weight excluding hydrogens is 412 g/mol. The highest BCUT2D eigenvalue weighted by Gasteiger charge is 2.24. The number of nitrogens with one attached hydrogen (secondary N) is 1. The summed E-state index contributed by atoms with van der Waals surface area (Å²) in [6.45, 7) is 9.25. The van der Waals surface area contributed by atoms with E-state index in [0.717, 1.165) is 50.1 Å². The minimum atomic E-state index is -0.766. The molecule has 0 spiro atoms. The van der Waals surface area contributed by atoms with E-state index in [1.165, 1.54) is 16.7 Å². The average molecular weight is 440 g/mol. The number of amides is 1. The fraction of sp³-hybridized carbons (Fsp3) is 0.375. The lowest BCUT2D eigenvalue weighted by molar-refractivity contribution is 0.0933. The summed E-state index contributed by atoms with van der Waals surface area (Å²) in [6.07, 6.45) is 0.747. The first-order chi connectivity index (χ1) is 15.3. The molecule has 2 heterocycles. The van der Waals surface area contributed by atoms with Gasteiger partial charge in [-0.1, -0.05) is 23.8 Å². The molecular formula is C24H27F2N5O. The summed E-state index contributed by atoms with van der Waals surface area (Å²) >= 11 is 0. The molecule has 2 aromatic carbocycles. The molecule has 1 aliphatic heterocycles. The van der Waals surface area contributed by atoms with E-state index in [1.54, 1.807) is 6.92 Å². The Morgan fingerprint density at radius 1 is 1.09 bits per heavy atom. The fourth-order valence-corrected chi connectivity index (χ4v) is 4.14. The van der Waals surface area contributed by atoms with Crippen molar-refractivity contribution in [2.75, 3.05) is 13.1 Å². The Balaban J connectivity index is 1.44. The van der Waals surface area contributed by atoms with Crippen LogP contribution in [-0.2, 0) is 19.5 Å². The third kappa shape index (κ3) is 4.70. The Kier molecular flexibility index (Phi) is 6.32. The molecule has 0 aliphatic carbocycles. The van der Waals surface area contributed by atoms with Gasteiger partial charge in [0.1, 0.15) is 17.5 Å². The molecule has 0 fully saturated rings. The Labute approximate surface area is 186 Å². The van der Waals surface area contributed by atoms with Crippen LogP contribution in [0.15, 0.2) is 36.4 Å². The van der Waals surface area contributed by atoms with Crippen molar-refractivity contribution in [2.45, 2.75) is 46.3 Å². The third-order valence-corrected chi connectivity index (χ3v) is 5.95. The van der Waals surface area contributed by atoms with Crippen molar-refractivity contribution in [2.24, 2.45) is 0 Å². The molecule has 1 unspecified atom stereocenters. The van der Waals surface area contributed by atoms with Crippen LogP contribution in [0.1, 0.15) is 51.7 Å². The largest absolute Gasteiger partial charge is 0.342 e. The van der Waals surface area contributed by atoms with Crippen molar-refractivity contribution >= 4 is 5.91 Å². The zero-order valence-electron chi connectivity index (χ0n) is 18.5. The van der Waals surface area contributed by atoms with Crippen LogP contribution < -0.4 is 5.32 Å². The van der Waals surface area contributed by atoms with Gasteiger partial charge in [-0.15, -0.1) is 10.2 Å². The number of hydrogen-bond donors (Lipinski definition) is 1. The highest BCUT2D eigenvalue weighted by atomic mass is 19.1. The maximum atomic E-state index is 13.9. The standard InChI is InChI=1S/C24H27F2N5O/c1-15-4-5-18(16(2)12-15)14-30-9-8-22-28-29-23(31(22)11-10-30)17(3)27-24(32)20-13-19(25)6-7-21(20)26/h4-7,12-13,17H,8-11,14H2,1-3H3,(H,27,32). The van der Waals surface area contributed by atoms with Crippen LogP contribution in [0.25, 0.3) is 0 Å². The average Bonchev–Trinajstić information content (AvgIpc) is 3.06. The molecule has 0 bridgehead atoms. The number of fused-ring (bicyclic) bond motifs is 1. The number of nitrogens with zero attached hydrogens (tertiary/aromatic N) is 4. The monoisotopic (exact) mass is 439 g/mol. The molecule has 8 heteroatoms.